The molecular weight excluding hydrogens is 311 g/mol. The molecule has 1 rings (SSSR count). The Hall–Kier alpha value is -0.890. The Labute approximate surface area is 101 Å². The summed E-state index contributed by atoms with van der Waals surface area (Å²) in [7, 11) is 0. The topological polar surface area (TPSA) is 75.4 Å². The largest absolute Gasteiger partial charge is 0.392 e. The smallest absolute Gasteiger partial charge is 0.293 e. The minimum absolute atomic E-state index is 0.0301. The number of hydrogen-bond acceptors (Lipinski definition) is 4. The third-order valence-electron chi connectivity index (χ3n) is 1.74. The number of anilines is 1. The summed E-state index contributed by atoms with van der Waals surface area (Å²) in [5.74, 6) is 0. The van der Waals surface area contributed by atoms with Gasteiger partial charge in [-0.3, -0.25) is 10.1 Å². The van der Waals surface area contributed by atoms with Gasteiger partial charge in [-0.1, -0.05) is 0 Å². The molecule has 0 saturated heterocycles. The molecule has 0 bridgehead atoms. The van der Waals surface area contributed by atoms with Gasteiger partial charge in [-0.25, -0.2) is 0 Å². The van der Waals surface area contributed by atoms with Crippen LogP contribution in [0.2, 0.25) is 0 Å². The Morgan fingerprint density at radius 3 is 2.87 bits per heavy atom. The van der Waals surface area contributed by atoms with Crippen molar-refractivity contribution in [2.45, 2.75) is 13.0 Å². The lowest BCUT2D eigenvalue weighted by Crippen LogP contribution is -2.16. The minimum atomic E-state index is -0.538. The summed E-state index contributed by atoms with van der Waals surface area (Å²) in [4.78, 5) is 10.3. The Kier molecular flexibility index (Phi) is 4.28. The van der Waals surface area contributed by atoms with Gasteiger partial charge in [0.1, 0.15) is 5.69 Å². The Morgan fingerprint density at radius 1 is 1.67 bits per heavy atom. The van der Waals surface area contributed by atoms with Crippen molar-refractivity contribution in [1.29, 1.82) is 0 Å². The van der Waals surface area contributed by atoms with E-state index in [1.807, 2.05) is 22.6 Å². The average Bonchev–Trinajstić information content (AvgIpc) is 2.15. The highest BCUT2D eigenvalue weighted by Gasteiger charge is 2.13. The number of nitro groups is 1. The van der Waals surface area contributed by atoms with Gasteiger partial charge < -0.3 is 10.4 Å². The van der Waals surface area contributed by atoms with Crippen LogP contribution in [0.15, 0.2) is 18.2 Å². The van der Waals surface area contributed by atoms with Gasteiger partial charge in [0.05, 0.1) is 11.0 Å². The summed E-state index contributed by atoms with van der Waals surface area (Å²) in [6.07, 6.45) is -0.538. The first kappa shape index (κ1) is 12.2. The Morgan fingerprint density at radius 2 is 2.33 bits per heavy atom. The van der Waals surface area contributed by atoms with Crippen LogP contribution in [0.4, 0.5) is 11.4 Å². The summed E-state index contributed by atoms with van der Waals surface area (Å²) in [5.41, 5.74) is 0.462. The Bertz CT molecular complexity index is 368. The van der Waals surface area contributed by atoms with Gasteiger partial charge in [0, 0.05) is 16.2 Å². The first-order chi connectivity index (χ1) is 7.00. The lowest BCUT2D eigenvalue weighted by molar-refractivity contribution is -0.384. The molecule has 0 saturated carbocycles. The molecule has 82 valence electrons. The lowest BCUT2D eigenvalue weighted by atomic mass is 10.2. The zero-order valence-corrected chi connectivity index (χ0v) is 10.3. The van der Waals surface area contributed by atoms with E-state index < -0.39 is 11.0 Å². The van der Waals surface area contributed by atoms with E-state index in [9.17, 15) is 10.1 Å². The molecule has 2 N–H and O–H groups in total. The summed E-state index contributed by atoms with van der Waals surface area (Å²) < 4.78 is 0.807. The fraction of sp³-hybridized carbons (Fsp3) is 0.333. The summed E-state index contributed by atoms with van der Waals surface area (Å²) in [6.45, 7) is 1.91. The predicted octanol–water partition coefficient (Wildman–Crippen LogP) is 1.99. The highest BCUT2D eigenvalue weighted by atomic mass is 127. The quantitative estimate of drug-likeness (QED) is 0.505. The van der Waals surface area contributed by atoms with Crippen LogP contribution >= 0.6 is 22.6 Å². The molecule has 0 amide bonds. The van der Waals surface area contributed by atoms with Crippen LogP contribution in [0, 0.1) is 13.7 Å². The van der Waals surface area contributed by atoms with Gasteiger partial charge in [-0.2, -0.15) is 0 Å². The second-order valence-corrected chi connectivity index (χ2v) is 4.39. The highest BCUT2D eigenvalue weighted by molar-refractivity contribution is 14.1. The van der Waals surface area contributed by atoms with E-state index in [2.05, 4.69) is 5.32 Å². The van der Waals surface area contributed by atoms with Crippen LogP contribution in [0.3, 0.4) is 0 Å². The van der Waals surface area contributed by atoms with E-state index in [0.29, 0.717) is 12.2 Å². The molecule has 1 atom stereocenters. The van der Waals surface area contributed by atoms with Crippen LogP contribution in [0.25, 0.3) is 0 Å². The third-order valence-corrected chi connectivity index (χ3v) is 2.42. The number of rotatable bonds is 4. The fourth-order valence-electron chi connectivity index (χ4n) is 1.06. The first-order valence-corrected chi connectivity index (χ1v) is 5.44. The molecule has 1 aromatic carbocycles. The Balaban J connectivity index is 2.91. The molecule has 1 unspecified atom stereocenters. The van der Waals surface area contributed by atoms with Crippen LogP contribution in [0.1, 0.15) is 6.92 Å². The second-order valence-electron chi connectivity index (χ2n) is 3.15. The molecule has 0 heterocycles. The van der Waals surface area contributed by atoms with Crippen molar-refractivity contribution in [2.75, 3.05) is 11.9 Å². The summed E-state index contributed by atoms with van der Waals surface area (Å²) in [5, 5.41) is 22.6. The molecule has 0 spiro atoms. The molecule has 6 heteroatoms. The van der Waals surface area contributed by atoms with Gasteiger partial charge in [-0.05, 0) is 41.6 Å². The summed E-state index contributed by atoms with van der Waals surface area (Å²) in [6, 6.07) is 4.91. The molecule has 0 fully saturated rings. The molecule has 5 nitrogen and oxygen atoms in total. The minimum Gasteiger partial charge on any atom is -0.392 e. The van der Waals surface area contributed by atoms with E-state index >= 15 is 0 Å². The molecule has 1 aromatic rings. The van der Waals surface area contributed by atoms with E-state index in [4.69, 9.17) is 5.11 Å². The monoisotopic (exact) mass is 322 g/mol. The van der Waals surface area contributed by atoms with Gasteiger partial charge in [0.15, 0.2) is 0 Å². The van der Waals surface area contributed by atoms with Crippen molar-refractivity contribution >= 4 is 34.0 Å². The third kappa shape index (κ3) is 3.63. The lowest BCUT2D eigenvalue weighted by Gasteiger charge is -2.08. The van der Waals surface area contributed by atoms with Crippen LogP contribution in [-0.2, 0) is 0 Å². The second kappa shape index (κ2) is 5.26. The van der Waals surface area contributed by atoms with Crippen LogP contribution < -0.4 is 5.32 Å². The van der Waals surface area contributed by atoms with Crippen LogP contribution in [-0.4, -0.2) is 22.7 Å². The van der Waals surface area contributed by atoms with Crippen molar-refractivity contribution in [2.24, 2.45) is 0 Å². The van der Waals surface area contributed by atoms with Gasteiger partial charge in [0.25, 0.3) is 5.69 Å². The van der Waals surface area contributed by atoms with Gasteiger partial charge in [0.2, 0.25) is 0 Å². The van der Waals surface area contributed by atoms with E-state index in [0.717, 1.165) is 3.57 Å². The van der Waals surface area contributed by atoms with E-state index in [-0.39, 0.29) is 5.69 Å². The van der Waals surface area contributed by atoms with Crippen molar-refractivity contribution in [1.82, 2.24) is 0 Å². The highest BCUT2D eigenvalue weighted by Crippen LogP contribution is 2.26. The van der Waals surface area contributed by atoms with E-state index in [1.165, 1.54) is 6.07 Å². The van der Waals surface area contributed by atoms with Crippen LogP contribution in [0.5, 0.6) is 0 Å². The number of nitrogens with zero attached hydrogens (tertiary/aromatic N) is 1. The number of nitrogens with one attached hydrogen (secondary N) is 1. The number of hydrogen-bond donors (Lipinski definition) is 2. The zero-order chi connectivity index (χ0) is 11.4. The maximum absolute atomic E-state index is 10.7. The molecular formula is C9H11IN2O3. The number of aliphatic hydroxyl groups is 1. The van der Waals surface area contributed by atoms with Crippen molar-refractivity contribution < 1.29 is 10.0 Å². The van der Waals surface area contributed by atoms with Gasteiger partial charge >= 0.3 is 0 Å². The summed E-state index contributed by atoms with van der Waals surface area (Å²) >= 11 is 2.02. The van der Waals surface area contributed by atoms with Crippen molar-refractivity contribution in [3.8, 4) is 0 Å². The normalized spacial score (nSPS) is 12.2. The predicted molar refractivity (Wildman–Crippen MR) is 66.0 cm³/mol. The first-order valence-electron chi connectivity index (χ1n) is 4.36. The fourth-order valence-corrected chi connectivity index (χ4v) is 1.54. The number of halogens is 1. The number of nitro benzene ring substituents is 1. The maximum Gasteiger partial charge on any atom is 0.293 e. The zero-order valence-electron chi connectivity index (χ0n) is 8.11. The average molecular weight is 322 g/mol. The maximum atomic E-state index is 10.7. The standard InChI is InChI=1S/C9H11IN2O3/c1-6(13)5-11-8-3-2-7(10)4-9(8)12(14)15/h2-4,6,11,13H,5H2,1H3. The number of aliphatic hydroxyl groups excluding tert-OH is 1. The number of benzene rings is 1. The molecule has 0 aliphatic rings. The molecule has 0 aliphatic carbocycles. The van der Waals surface area contributed by atoms with Crippen molar-refractivity contribution in [3.63, 3.8) is 0 Å². The molecule has 0 radical (unpaired) electrons. The molecule has 15 heavy (non-hydrogen) atoms. The van der Waals surface area contributed by atoms with Gasteiger partial charge in [-0.15, -0.1) is 0 Å². The van der Waals surface area contributed by atoms with E-state index in [1.54, 1.807) is 19.1 Å². The van der Waals surface area contributed by atoms with Crippen molar-refractivity contribution in [3.05, 3.63) is 31.9 Å². The SMILES string of the molecule is CC(O)CNc1ccc(I)cc1[N+](=O)[O-]. The molecule has 0 aliphatic heterocycles. The molecule has 0 aromatic heterocycles.